The number of hydrogen-bond donors (Lipinski definition) is 0. The lowest BCUT2D eigenvalue weighted by Crippen LogP contribution is -2.41. The van der Waals surface area contributed by atoms with Gasteiger partial charge in [-0.2, -0.15) is 0 Å². The lowest BCUT2D eigenvalue weighted by Gasteiger charge is -2.30. The maximum absolute atomic E-state index is 13.0. The molecule has 0 N–H and O–H groups in total. The molecule has 0 aliphatic carbocycles. The van der Waals surface area contributed by atoms with Crippen molar-refractivity contribution in [2.24, 2.45) is 0 Å². The highest BCUT2D eigenvalue weighted by molar-refractivity contribution is 7.09. The van der Waals surface area contributed by atoms with Gasteiger partial charge in [-0.05, 0) is 35.7 Å². The van der Waals surface area contributed by atoms with Crippen LogP contribution in [0.25, 0.3) is 0 Å². The largest absolute Gasteiger partial charge is 0.482 e. The Bertz CT molecular complexity index is 901. The molecule has 0 atom stereocenters. The molecule has 144 valence electrons. The minimum Gasteiger partial charge on any atom is -0.482 e. The van der Waals surface area contributed by atoms with E-state index in [1.54, 1.807) is 27.4 Å². The van der Waals surface area contributed by atoms with Gasteiger partial charge < -0.3 is 19.0 Å². The van der Waals surface area contributed by atoms with Gasteiger partial charge in [0.25, 0.3) is 5.91 Å². The van der Waals surface area contributed by atoms with Crippen LogP contribution in [0.15, 0.2) is 64.6 Å². The van der Waals surface area contributed by atoms with E-state index < -0.39 is 0 Å². The molecule has 3 heterocycles. The number of thiophene rings is 1. The molecule has 1 aliphatic rings. The topological polar surface area (TPSA) is 63.0 Å². The van der Waals surface area contributed by atoms with Gasteiger partial charge in [-0.15, -0.1) is 11.3 Å². The number of amides is 2. The molecule has 7 heteroatoms. The van der Waals surface area contributed by atoms with Crippen LogP contribution in [0.2, 0.25) is 0 Å². The number of rotatable bonds is 7. The summed E-state index contributed by atoms with van der Waals surface area (Å²) in [6.45, 7) is 1.23. The van der Waals surface area contributed by atoms with Crippen molar-refractivity contribution in [2.45, 2.75) is 19.5 Å². The molecule has 2 amide bonds. The number of anilines is 1. The third-order valence-corrected chi connectivity index (χ3v) is 5.42. The number of carbonyl (C=O) groups is 2. The second kappa shape index (κ2) is 8.31. The number of carbonyl (C=O) groups excluding carboxylic acids is 2. The summed E-state index contributed by atoms with van der Waals surface area (Å²) in [5.41, 5.74) is 0.711. The number of benzene rings is 1. The molecular weight excluding hydrogens is 376 g/mol. The Kier molecular flexibility index (Phi) is 5.43. The minimum atomic E-state index is -0.137. The van der Waals surface area contributed by atoms with E-state index in [2.05, 4.69) is 0 Å². The average Bonchev–Trinajstić information content (AvgIpc) is 3.41. The summed E-state index contributed by atoms with van der Waals surface area (Å²) in [6, 6.07) is 15.0. The summed E-state index contributed by atoms with van der Waals surface area (Å²) in [7, 11) is 0. The van der Waals surface area contributed by atoms with E-state index in [1.165, 1.54) is 0 Å². The summed E-state index contributed by atoms with van der Waals surface area (Å²) >= 11 is 1.61. The van der Waals surface area contributed by atoms with E-state index in [0.717, 1.165) is 10.6 Å². The van der Waals surface area contributed by atoms with Crippen molar-refractivity contribution in [1.82, 2.24) is 4.90 Å². The van der Waals surface area contributed by atoms with Crippen molar-refractivity contribution in [3.8, 4) is 5.75 Å². The lowest BCUT2D eigenvalue weighted by atomic mass is 10.2. The van der Waals surface area contributed by atoms with Gasteiger partial charge >= 0.3 is 0 Å². The van der Waals surface area contributed by atoms with Crippen LogP contribution in [-0.2, 0) is 22.7 Å². The normalized spacial score (nSPS) is 13.1. The minimum absolute atomic E-state index is 0.00346. The Balaban J connectivity index is 1.46. The first kappa shape index (κ1) is 18.3. The van der Waals surface area contributed by atoms with Crippen LogP contribution in [-0.4, -0.2) is 29.9 Å². The number of para-hydroxylation sites is 2. The van der Waals surface area contributed by atoms with Crippen LogP contribution >= 0.6 is 11.3 Å². The first-order valence-corrected chi connectivity index (χ1v) is 9.93. The molecule has 0 saturated heterocycles. The number of nitrogens with zero attached hydrogens (tertiary/aromatic N) is 2. The highest BCUT2D eigenvalue weighted by Gasteiger charge is 2.26. The molecule has 1 aliphatic heterocycles. The van der Waals surface area contributed by atoms with E-state index in [4.69, 9.17) is 9.15 Å². The van der Waals surface area contributed by atoms with Gasteiger partial charge in [0.1, 0.15) is 11.5 Å². The highest BCUT2D eigenvalue weighted by atomic mass is 32.1. The van der Waals surface area contributed by atoms with Crippen molar-refractivity contribution >= 4 is 28.8 Å². The van der Waals surface area contributed by atoms with Gasteiger partial charge in [0.05, 0.1) is 25.0 Å². The number of furan rings is 1. The third-order valence-electron chi connectivity index (χ3n) is 4.56. The van der Waals surface area contributed by atoms with Gasteiger partial charge in [0.2, 0.25) is 5.91 Å². The van der Waals surface area contributed by atoms with E-state index in [9.17, 15) is 9.59 Å². The molecule has 28 heavy (non-hydrogen) atoms. The zero-order valence-corrected chi connectivity index (χ0v) is 16.1. The lowest BCUT2D eigenvalue weighted by molar-refractivity contribution is -0.132. The molecule has 3 aromatic rings. The van der Waals surface area contributed by atoms with E-state index in [1.807, 2.05) is 53.9 Å². The van der Waals surface area contributed by atoms with Crippen LogP contribution in [0.5, 0.6) is 5.75 Å². The average molecular weight is 396 g/mol. The van der Waals surface area contributed by atoms with Crippen LogP contribution in [0.4, 0.5) is 5.69 Å². The van der Waals surface area contributed by atoms with Crippen LogP contribution in [0.3, 0.4) is 0 Å². The molecule has 0 saturated carbocycles. The monoisotopic (exact) mass is 396 g/mol. The smallest absolute Gasteiger partial charge is 0.265 e. The van der Waals surface area contributed by atoms with E-state index >= 15 is 0 Å². The molecule has 0 bridgehead atoms. The van der Waals surface area contributed by atoms with Crippen molar-refractivity contribution in [3.05, 3.63) is 70.8 Å². The Morgan fingerprint density at radius 3 is 2.79 bits per heavy atom. The second-order valence-corrected chi connectivity index (χ2v) is 7.49. The van der Waals surface area contributed by atoms with Gasteiger partial charge in [-0.25, -0.2) is 0 Å². The fourth-order valence-corrected chi connectivity index (χ4v) is 3.90. The Morgan fingerprint density at radius 1 is 1.11 bits per heavy atom. The zero-order chi connectivity index (χ0) is 19.3. The first-order valence-electron chi connectivity index (χ1n) is 9.05. The molecule has 0 spiro atoms. The predicted octanol–water partition coefficient (Wildman–Crippen LogP) is 3.69. The fraction of sp³-hybridized carbons (Fsp3) is 0.238. The first-order chi connectivity index (χ1) is 13.7. The van der Waals surface area contributed by atoms with Crippen LogP contribution in [0, 0.1) is 0 Å². The standard InChI is InChI=1S/C21H20N2O4S/c24-20(9-10-23-18-7-1-2-8-19(18)27-15-21(23)25)22(13-16-5-3-11-26-16)14-17-6-4-12-28-17/h1-8,11-12H,9-10,13-15H2. The molecular formula is C21H20N2O4S. The zero-order valence-electron chi connectivity index (χ0n) is 15.2. The summed E-state index contributed by atoms with van der Waals surface area (Å²) in [6.07, 6.45) is 1.83. The van der Waals surface area contributed by atoms with Crippen LogP contribution < -0.4 is 9.64 Å². The van der Waals surface area contributed by atoms with Gasteiger partial charge in [0, 0.05) is 17.8 Å². The summed E-state index contributed by atoms with van der Waals surface area (Å²) in [5.74, 6) is 1.24. The molecule has 4 rings (SSSR count). The maximum atomic E-state index is 13.0. The maximum Gasteiger partial charge on any atom is 0.265 e. The SMILES string of the molecule is O=C(CCN1C(=O)COc2ccccc21)N(Cc1ccco1)Cc1cccs1. The van der Waals surface area contributed by atoms with Gasteiger partial charge in [-0.1, -0.05) is 18.2 Å². The summed E-state index contributed by atoms with van der Waals surface area (Å²) in [5, 5.41) is 1.99. The van der Waals surface area contributed by atoms with Crippen molar-refractivity contribution in [3.63, 3.8) is 0 Å². The quantitative estimate of drug-likeness (QED) is 0.611. The molecule has 1 aromatic carbocycles. The summed E-state index contributed by atoms with van der Waals surface area (Å²) in [4.78, 5) is 29.8. The number of fused-ring (bicyclic) bond motifs is 1. The van der Waals surface area contributed by atoms with Crippen molar-refractivity contribution < 1.29 is 18.7 Å². The molecule has 0 fully saturated rings. The molecule has 0 unspecified atom stereocenters. The van der Waals surface area contributed by atoms with E-state index in [-0.39, 0.29) is 24.8 Å². The summed E-state index contributed by atoms with van der Waals surface area (Å²) < 4.78 is 10.9. The molecule has 6 nitrogen and oxygen atoms in total. The van der Waals surface area contributed by atoms with E-state index in [0.29, 0.717) is 31.1 Å². The van der Waals surface area contributed by atoms with Crippen molar-refractivity contribution in [1.29, 1.82) is 0 Å². The molecule has 2 aromatic heterocycles. The highest BCUT2D eigenvalue weighted by Crippen LogP contribution is 2.31. The van der Waals surface area contributed by atoms with Gasteiger partial charge in [-0.3, -0.25) is 9.59 Å². The second-order valence-electron chi connectivity index (χ2n) is 6.46. The predicted molar refractivity (Wildman–Crippen MR) is 106 cm³/mol. The number of ether oxygens (including phenoxy) is 1. The Hall–Kier alpha value is -3.06. The van der Waals surface area contributed by atoms with Crippen LogP contribution in [0.1, 0.15) is 17.1 Å². The Morgan fingerprint density at radius 2 is 2.00 bits per heavy atom. The van der Waals surface area contributed by atoms with Gasteiger partial charge in [0.15, 0.2) is 6.61 Å². The number of hydrogen-bond acceptors (Lipinski definition) is 5. The Labute approximate surface area is 166 Å². The third kappa shape index (κ3) is 4.09. The van der Waals surface area contributed by atoms with Crippen molar-refractivity contribution in [2.75, 3.05) is 18.1 Å². The fourth-order valence-electron chi connectivity index (χ4n) is 3.18. The molecule has 0 radical (unpaired) electrons.